The van der Waals surface area contributed by atoms with E-state index in [1.165, 1.54) is 92.6 Å². The summed E-state index contributed by atoms with van der Waals surface area (Å²) in [6.07, 6.45) is 20.6. The number of hydrogen-bond donors (Lipinski definition) is 0. The summed E-state index contributed by atoms with van der Waals surface area (Å²) in [7, 11) is 0. The first-order chi connectivity index (χ1) is 19.2. The Bertz CT molecular complexity index is 1540. The van der Waals surface area contributed by atoms with E-state index in [0.717, 1.165) is 6.42 Å². The monoisotopic (exact) mass is 688 g/mol. The van der Waals surface area contributed by atoms with Gasteiger partial charge in [-0.05, 0) is 36.1 Å². The third kappa shape index (κ3) is 7.54. The molecule has 0 amide bonds. The molecule has 1 saturated carbocycles. The Morgan fingerprint density at radius 2 is 1.21 bits per heavy atom. The summed E-state index contributed by atoms with van der Waals surface area (Å²) in [6, 6.07) is 12.1. The summed E-state index contributed by atoms with van der Waals surface area (Å²) in [5, 5.41) is 5.57. The Labute approximate surface area is 288 Å². The van der Waals surface area contributed by atoms with E-state index in [2.05, 4.69) is 123 Å². The molecule has 3 heteroatoms. The fourth-order valence-electron chi connectivity index (χ4n) is 7.12. The molecule has 1 fully saturated rings. The van der Waals surface area contributed by atoms with Crippen molar-refractivity contribution in [2.75, 3.05) is 0 Å². The second kappa shape index (κ2) is 13.5. The number of rotatable bonds is 0. The molecule has 0 nitrogen and oxygen atoms in total. The number of fused-ring (bicyclic) bond motifs is 5. The summed E-state index contributed by atoms with van der Waals surface area (Å²) < 4.78 is 1.80. The summed E-state index contributed by atoms with van der Waals surface area (Å²) >= 11 is 1.69. The Morgan fingerprint density at radius 1 is 0.744 bits per heavy atom. The van der Waals surface area contributed by atoms with Gasteiger partial charge in [-0.15, -0.1) is 46.2 Å². The zero-order valence-corrected chi connectivity index (χ0v) is 31.7. The third-order valence-corrected chi connectivity index (χ3v) is 10.6. The molecule has 4 aliphatic rings. The molecule has 228 valence electrons. The van der Waals surface area contributed by atoms with E-state index >= 15 is 0 Å². The van der Waals surface area contributed by atoms with Crippen molar-refractivity contribution in [1.82, 2.24) is 0 Å². The van der Waals surface area contributed by atoms with E-state index in [9.17, 15) is 0 Å². The van der Waals surface area contributed by atoms with Crippen LogP contribution in [0.15, 0.2) is 60.2 Å². The van der Waals surface area contributed by atoms with Gasteiger partial charge in [0.15, 0.2) is 0 Å². The number of halogens is 2. The van der Waals surface area contributed by atoms with E-state index in [0.29, 0.717) is 5.41 Å². The van der Waals surface area contributed by atoms with Gasteiger partial charge < -0.3 is 24.8 Å². The van der Waals surface area contributed by atoms with Crippen LogP contribution in [0.25, 0.3) is 32.7 Å². The van der Waals surface area contributed by atoms with Crippen LogP contribution in [0.1, 0.15) is 123 Å². The average molecular weight is 691 g/mol. The Hall–Kier alpha value is -1.40. The molecule has 43 heavy (non-hydrogen) atoms. The van der Waals surface area contributed by atoms with Crippen molar-refractivity contribution in [2.24, 2.45) is 5.41 Å². The van der Waals surface area contributed by atoms with Gasteiger partial charge in [-0.3, -0.25) is 6.08 Å². The topological polar surface area (TPSA) is 0 Å². The van der Waals surface area contributed by atoms with Crippen molar-refractivity contribution >= 4 is 35.9 Å². The predicted molar refractivity (Wildman–Crippen MR) is 178 cm³/mol. The van der Waals surface area contributed by atoms with Crippen molar-refractivity contribution < 1.29 is 49.0 Å². The minimum atomic E-state index is 0. The molecular formula is C40H48Cl2Zr-2. The maximum atomic E-state index is 3.16. The summed E-state index contributed by atoms with van der Waals surface area (Å²) in [4.78, 5) is 0. The van der Waals surface area contributed by atoms with Gasteiger partial charge in [0.25, 0.3) is 0 Å². The SMILES string of the molecule is CC(C)(C)C1=CC[C-]=C1.CC1=CC(C)(C)c2cc3[cH-]c4cc5c(cc4c3cc21)C(C)=CC5(C)C.[Cl-].[Cl-].[Zr+2]=[C]1CCCCC1. The summed E-state index contributed by atoms with van der Waals surface area (Å²) in [5.74, 6) is 0. The Kier molecular flexibility index (Phi) is 11.4. The minimum absolute atomic E-state index is 0. The molecule has 4 aliphatic carbocycles. The fraction of sp³-hybridized carbons (Fsp3) is 0.450. The van der Waals surface area contributed by atoms with E-state index < -0.39 is 0 Å². The van der Waals surface area contributed by atoms with Crippen LogP contribution < -0.4 is 24.8 Å². The van der Waals surface area contributed by atoms with Crippen molar-refractivity contribution in [2.45, 2.75) is 112 Å². The molecule has 0 radical (unpaired) electrons. The van der Waals surface area contributed by atoms with Crippen LogP contribution in [0, 0.1) is 11.5 Å². The molecule has 0 heterocycles. The van der Waals surface area contributed by atoms with Gasteiger partial charge in [0.1, 0.15) is 0 Å². The van der Waals surface area contributed by atoms with Crippen molar-refractivity contribution in [3.8, 4) is 0 Å². The predicted octanol–water partition coefficient (Wildman–Crippen LogP) is 5.50. The average Bonchev–Trinajstić information content (AvgIpc) is 3.64. The van der Waals surface area contributed by atoms with E-state index in [1.54, 1.807) is 27.4 Å². The van der Waals surface area contributed by atoms with Crippen LogP contribution in [0.2, 0.25) is 0 Å². The first kappa shape index (κ1) is 36.1. The van der Waals surface area contributed by atoms with E-state index in [1.807, 2.05) is 0 Å². The summed E-state index contributed by atoms with van der Waals surface area (Å²) in [5.41, 5.74) is 10.6. The van der Waals surface area contributed by atoms with E-state index in [4.69, 9.17) is 0 Å². The molecule has 7 rings (SSSR count). The molecule has 0 unspecified atom stereocenters. The van der Waals surface area contributed by atoms with Crippen LogP contribution in [-0.4, -0.2) is 3.21 Å². The number of allylic oxidation sites excluding steroid dienone is 8. The van der Waals surface area contributed by atoms with E-state index in [-0.39, 0.29) is 35.6 Å². The van der Waals surface area contributed by atoms with Crippen LogP contribution >= 0.6 is 0 Å². The van der Waals surface area contributed by atoms with Gasteiger partial charge in [0.2, 0.25) is 0 Å². The molecule has 0 bridgehead atoms. The Balaban J connectivity index is 0.000000233. The number of benzene rings is 2. The summed E-state index contributed by atoms with van der Waals surface area (Å²) in [6.45, 7) is 20.5. The first-order valence-corrected chi connectivity index (χ1v) is 16.9. The van der Waals surface area contributed by atoms with Gasteiger partial charge in [0, 0.05) is 10.8 Å². The first-order valence-electron chi connectivity index (χ1n) is 15.6. The Morgan fingerprint density at radius 3 is 1.53 bits per heavy atom. The third-order valence-electron chi connectivity index (χ3n) is 9.39. The molecule has 3 aromatic rings. The van der Waals surface area contributed by atoms with Gasteiger partial charge in [-0.1, -0.05) is 89.3 Å². The van der Waals surface area contributed by atoms with Crippen molar-refractivity contribution in [1.29, 1.82) is 0 Å². The second-order valence-corrected chi connectivity index (χ2v) is 16.6. The van der Waals surface area contributed by atoms with Gasteiger partial charge in [0.05, 0.1) is 0 Å². The second-order valence-electron chi connectivity index (χ2n) is 14.8. The fourth-order valence-corrected chi connectivity index (χ4v) is 7.98. The van der Waals surface area contributed by atoms with Crippen LogP contribution in [-0.2, 0) is 35.1 Å². The normalized spacial score (nSPS) is 19.1. The standard InChI is InChI=1S/C25H25.C9H13.C6H10.2ClH.Zr/c1-14-12-24(3,4)22-8-16-7-17-9-23-19(15(2)13-25(23,5)6)11-21(17)20(16)10-18(14)22;1-9(2,3)8-6-4-5-7-8;1-2-4-6-5-3-1;;;/h7-13H,1-6H3;6-7H,4H2,1-3H3;1-5H2;2*1H;/q2*-1;;;;+2/p-2. The molecule has 0 aromatic heterocycles. The van der Waals surface area contributed by atoms with Crippen LogP contribution in [0.3, 0.4) is 0 Å². The molecule has 0 saturated heterocycles. The molecule has 0 atom stereocenters. The molecule has 0 spiro atoms. The van der Waals surface area contributed by atoms with Crippen LogP contribution in [0.5, 0.6) is 0 Å². The van der Waals surface area contributed by atoms with Gasteiger partial charge >= 0.3 is 59.5 Å². The van der Waals surface area contributed by atoms with Gasteiger partial charge in [-0.25, -0.2) is 6.08 Å². The maximum absolute atomic E-state index is 3.16. The molecule has 0 N–H and O–H groups in total. The van der Waals surface area contributed by atoms with Gasteiger partial charge in [-0.2, -0.15) is 11.6 Å². The quantitative estimate of drug-likeness (QED) is 0.274. The van der Waals surface area contributed by atoms with Crippen LogP contribution in [0.4, 0.5) is 0 Å². The van der Waals surface area contributed by atoms with Crippen molar-refractivity contribution in [3.05, 3.63) is 88.5 Å². The zero-order chi connectivity index (χ0) is 29.7. The number of hydrogen-bond acceptors (Lipinski definition) is 0. The molecular weight excluding hydrogens is 643 g/mol. The molecule has 3 aromatic carbocycles. The van der Waals surface area contributed by atoms with Crippen molar-refractivity contribution in [3.63, 3.8) is 0 Å². The zero-order valence-electron chi connectivity index (χ0n) is 27.7. The molecule has 0 aliphatic heterocycles.